The summed E-state index contributed by atoms with van der Waals surface area (Å²) in [4.78, 5) is 12.7. The van der Waals surface area contributed by atoms with E-state index in [1.807, 2.05) is 62.4 Å². The zero-order valence-electron chi connectivity index (χ0n) is 20.4. The summed E-state index contributed by atoms with van der Waals surface area (Å²) in [5.74, 6) is 1.15. The van der Waals surface area contributed by atoms with Crippen molar-refractivity contribution in [1.29, 1.82) is 0 Å². The second-order valence-corrected chi connectivity index (χ2v) is 10.5. The van der Waals surface area contributed by atoms with Gasteiger partial charge < -0.3 is 10.1 Å². The maximum atomic E-state index is 12.7. The normalized spacial score (nSPS) is 11.1. The van der Waals surface area contributed by atoms with Crippen LogP contribution >= 0.6 is 0 Å². The Morgan fingerprint density at radius 3 is 1.94 bits per heavy atom. The molecule has 0 radical (unpaired) electrons. The second-order valence-electron chi connectivity index (χ2n) is 8.60. The van der Waals surface area contributed by atoms with Crippen molar-refractivity contribution in [3.8, 4) is 11.5 Å². The lowest BCUT2D eigenvalue weighted by atomic mass is 10.1. The van der Waals surface area contributed by atoms with Gasteiger partial charge >= 0.3 is 0 Å². The van der Waals surface area contributed by atoms with Gasteiger partial charge in [0.05, 0.1) is 18.5 Å². The number of nitrogens with zero attached hydrogens (tertiary/aromatic N) is 1. The first kappa shape index (κ1) is 25.0. The van der Waals surface area contributed by atoms with E-state index in [-0.39, 0.29) is 12.5 Å². The monoisotopic (exact) mass is 500 g/mol. The summed E-state index contributed by atoms with van der Waals surface area (Å²) in [6.45, 7) is 3.97. The Labute approximate surface area is 212 Å². The van der Waals surface area contributed by atoms with Gasteiger partial charge in [-0.15, -0.1) is 0 Å². The summed E-state index contributed by atoms with van der Waals surface area (Å²) >= 11 is 0. The molecule has 0 unspecified atom stereocenters. The molecule has 36 heavy (non-hydrogen) atoms. The largest absolute Gasteiger partial charge is 0.457 e. The Balaban J connectivity index is 1.44. The van der Waals surface area contributed by atoms with Crippen molar-refractivity contribution in [1.82, 2.24) is 0 Å². The summed E-state index contributed by atoms with van der Waals surface area (Å²) in [6.07, 6.45) is 1.21. The summed E-state index contributed by atoms with van der Waals surface area (Å²) < 4.78 is 32.4. The van der Waals surface area contributed by atoms with E-state index >= 15 is 0 Å². The molecule has 0 aliphatic rings. The topological polar surface area (TPSA) is 75.7 Å². The minimum atomic E-state index is -3.51. The highest BCUT2D eigenvalue weighted by atomic mass is 32.2. The number of nitrogens with one attached hydrogen (secondary N) is 1. The number of hydrogen-bond acceptors (Lipinski definition) is 4. The molecule has 0 heterocycles. The molecule has 0 aliphatic heterocycles. The smallest absolute Gasteiger partial charge is 0.255 e. The molecular formula is C29H28N2O4S. The molecule has 1 amide bonds. The zero-order valence-corrected chi connectivity index (χ0v) is 21.2. The number of aryl methyl sites for hydroxylation is 2. The van der Waals surface area contributed by atoms with E-state index < -0.39 is 10.0 Å². The molecule has 0 saturated carbocycles. The SMILES string of the molecule is Cc1cccc(C)c1N(Cc1ccc(C(=O)Nc2ccc(Oc3ccccc3)cc2)cc1)S(C)(=O)=O. The predicted molar refractivity (Wildman–Crippen MR) is 144 cm³/mol. The van der Waals surface area contributed by atoms with Crippen LogP contribution in [-0.2, 0) is 16.6 Å². The van der Waals surface area contributed by atoms with Gasteiger partial charge in [-0.1, -0.05) is 48.5 Å². The van der Waals surface area contributed by atoms with Crippen molar-refractivity contribution in [3.63, 3.8) is 0 Å². The average molecular weight is 501 g/mol. The molecule has 0 fully saturated rings. The molecule has 184 valence electrons. The Morgan fingerprint density at radius 2 is 1.36 bits per heavy atom. The summed E-state index contributed by atoms with van der Waals surface area (Å²) in [5.41, 5.74) is 4.35. The predicted octanol–water partition coefficient (Wildman–Crippen LogP) is 6.31. The minimum absolute atomic E-state index is 0.176. The molecule has 7 heteroatoms. The summed E-state index contributed by atoms with van der Waals surface area (Å²) in [5, 5.41) is 2.87. The van der Waals surface area contributed by atoms with Gasteiger partial charge in [-0.3, -0.25) is 9.10 Å². The number of para-hydroxylation sites is 2. The van der Waals surface area contributed by atoms with Crippen LogP contribution in [0.2, 0.25) is 0 Å². The van der Waals surface area contributed by atoms with Gasteiger partial charge in [0.1, 0.15) is 11.5 Å². The maximum absolute atomic E-state index is 12.7. The average Bonchev–Trinajstić information content (AvgIpc) is 2.85. The Kier molecular flexibility index (Phi) is 7.41. The van der Waals surface area contributed by atoms with E-state index in [1.165, 1.54) is 10.6 Å². The van der Waals surface area contributed by atoms with Crippen LogP contribution in [-0.4, -0.2) is 20.6 Å². The van der Waals surface area contributed by atoms with Crippen LogP contribution in [0.1, 0.15) is 27.0 Å². The van der Waals surface area contributed by atoms with Crippen LogP contribution in [0, 0.1) is 13.8 Å². The molecule has 0 aliphatic carbocycles. The van der Waals surface area contributed by atoms with E-state index in [0.717, 1.165) is 22.4 Å². The third-order valence-electron chi connectivity index (χ3n) is 5.72. The molecule has 6 nitrogen and oxygen atoms in total. The van der Waals surface area contributed by atoms with Crippen molar-refractivity contribution >= 4 is 27.3 Å². The molecule has 4 aromatic rings. The molecule has 0 spiro atoms. The lowest BCUT2D eigenvalue weighted by molar-refractivity contribution is 0.102. The lowest BCUT2D eigenvalue weighted by Gasteiger charge is -2.26. The number of ether oxygens (including phenoxy) is 1. The number of carbonyl (C=O) groups is 1. The number of carbonyl (C=O) groups excluding carboxylic acids is 1. The standard InChI is InChI=1S/C29H28N2O4S/c1-21-8-7-9-22(2)28(21)31(36(3,33)34)20-23-12-14-24(15-13-23)29(32)30-25-16-18-27(19-17-25)35-26-10-5-4-6-11-26/h4-19H,20H2,1-3H3,(H,30,32). The fraction of sp³-hybridized carbons (Fsp3) is 0.138. The van der Waals surface area contributed by atoms with Gasteiger partial charge in [0.2, 0.25) is 10.0 Å². The van der Waals surface area contributed by atoms with Crippen LogP contribution < -0.4 is 14.4 Å². The third-order valence-corrected chi connectivity index (χ3v) is 6.83. The van der Waals surface area contributed by atoms with Crippen molar-refractivity contribution in [2.75, 3.05) is 15.9 Å². The van der Waals surface area contributed by atoms with Crippen LogP contribution in [0.15, 0.2) is 97.1 Å². The van der Waals surface area contributed by atoms with Crippen molar-refractivity contribution in [2.45, 2.75) is 20.4 Å². The Hall–Kier alpha value is -4.10. The molecular weight excluding hydrogens is 472 g/mol. The summed E-state index contributed by atoms with van der Waals surface area (Å²) in [6, 6.07) is 29.2. The van der Waals surface area contributed by atoms with Gasteiger partial charge in [0, 0.05) is 11.3 Å². The van der Waals surface area contributed by atoms with E-state index in [2.05, 4.69) is 5.32 Å². The van der Waals surface area contributed by atoms with Crippen molar-refractivity contribution < 1.29 is 17.9 Å². The molecule has 0 bridgehead atoms. The minimum Gasteiger partial charge on any atom is -0.457 e. The van der Waals surface area contributed by atoms with E-state index in [4.69, 9.17) is 4.74 Å². The first-order chi connectivity index (χ1) is 17.2. The van der Waals surface area contributed by atoms with Crippen LogP contribution in [0.5, 0.6) is 11.5 Å². The fourth-order valence-electron chi connectivity index (χ4n) is 3.92. The number of amides is 1. The Morgan fingerprint density at radius 1 is 0.778 bits per heavy atom. The van der Waals surface area contributed by atoms with Gasteiger partial charge in [0.25, 0.3) is 5.91 Å². The Bertz CT molecular complexity index is 1430. The zero-order chi connectivity index (χ0) is 25.7. The highest BCUT2D eigenvalue weighted by Crippen LogP contribution is 2.28. The third kappa shape index (κ3) is 6.12. The highest BCUT2D eigenvalue weighted by molar-refractivity contribution is 7.92. The number of hydrogen-bond donors (Lipinski definition) is 1. The second kappa shape index (κ2) is 10.7. The van der Waals surface area contributed by atoms with Crippen LogP contribution in [0.4, 0.5) is 11.4 Å². The quantitative estimate of drug-likeness (QED) is 0.307. The maximum Gasteiger partial charge on any atom is 0.255 e. The molecule has 0 aromatic heterocycles. The van der Waals surface area contributed by atoms with E-state index in [1.54, 1.807) is 48.5 Å². The van der Waals surface area contributed by atoms with Gasteiger partial charge in [-0.25, -0.2) is 8.42 Å². The molecule has 4 aromatic carbocycles. The van der Waals surface area contributed by atoms with Crippen molar-refractivity contribution in [2.24, 2.45) is 0 Å². The number of sulfonamides is 1. The molecule has 0 atom stereocenters. The molecule has 1 N–H and O–H groups in total. The number of anilines is 2. The molecule has 0 saturated heterocycles. The lowest BCUT2D eigenvalue weighted by Crippen LogP contribution is -2.30. The number of rotatable bonds is 8. The van der Waals surface area contributed by atoms with Gasteiger partial charge in [0.15, 0.2) is 0 Å². The number of benzene rings is 4. The van der Waals surface area contributed by atoms with Crippen molar-refractivity contribution in [3.05, 3.63) is 119 Å². The molecule has 4 rings (SSSR count). The first-order valence-electron chi connectivity index (χ1n) is 11.5. The first-order valence-corrected chi connectivity index (χ1v) is 13.3. The fourth-order valence-corrected chi connectivity index (χ4v) is 4.93. The van der Waals surface area contributed by atoms with E-state index in [0.29, 0.717) is 22.7 Å². The van der Waals surface area contributed by atoms with E-state index in [9.17, 15) is 13.2 Å². The van der Waals surface area contributed by atoms with Crippen LogP contribution in [0.25, 0.3) is 0 Å². The highest BCUT2D eigenvalue weighted by Gasteiger charge is 2.21. The van der Waals surface area contributed by atoms with Gasteiger partial charge in [-0.2, -0.15) is 0 Å². The van der Waals surface area contributed by atoms with Gasteiger partial charge in [-0.05, 0) is 79.1 Å². The summed E-state index contributed by atoms with van der Waals surface area (Å²) in [7, 11) is -3.51. The van der Waals surface area contributed by atoms with Crippen LogP contribution in [0.3, 0.4) is 0 Å².